The molecular formula is C19H17ClN4O3S. The van der Waals surface area contributed by atoms with Gasteiger partial charge in [-0.3, -0.25) is 14.9 Å². The average Bonchev–Trinajstić information content (AvgIpc) is 3.02. The van der Waals surface area contributed by atoms with E-state index in [1.54, 1.807) is 0 Å². The average molecular weight is 417 g/mol. The van der Waals surface area contributed by atoms with Gasteiger partial charge in [-0.25, -0.2) is 4.98 Å². The molecule has 0 bridgehead atoms. The zero-order valence-electron chi connectivity index (χ0n) is 14.9. The van der Waals surface area contributed by atoms with Crippen molar-refractivity contribution in [2.75, 3.05) is 11.1 Å². The molecule has 0 saturated heterocycles. The summed E-state index contributed by atoms with van der Waals surface area (Å²) in [5, 5.41) is 14.3. The van der Waals surface area contributed by atoms with Crippen molar-refractivity contribution in [3.8, 4) is 0 Å². The highest BCUT2D eigenvalue weighted by atomic mass is 35.5. The number of nitrogens with zero attached hydrogens (tertiary/aromatic N) is 2. The number of hydrogen-bond donors (Lipinski definition) is 2. The Bertz CT molecular complexity index is 1010. The zero-order valence-corrected chi connectivity index (χ0v) is 16.5. The second-order valence-electron chi connectivity index (χ2n) is 6.03. The van der Waals surface area contributed by atoms with Crippen molar-refractivity contribution in [3.05, 3.63) is 80.6 Å². The van der Waals surface area contributed by atoms with Gasteiger partial charge in [0.1, 0.15) is 0 Å². The van der Waals surface area contributed by atoms with Crippen molar-refractivity contribution in [2.24, 2.45) is 0 Å². The maximum Gasteiger partial charge on any atom is 0.271 e. The number of carbonyl (C=O) groups excluding carboxylic acids is 1. The Labute approximate surface area is 170 Å². The summed E-state index contributed by atoms with van der Waals surface area (Å²) < 4.78 is 0. The first kappa shape index (κ1) is 19.9. The predicted molar refractivity (Wildman–Crippen MR) is 110 cm³/mol. The molecule has 2 N–H and O–H groups in total. The maximum atomic E-state index is 12.2. The summed E-state index contributed by atoms with van der Waals surface area (Å²) in [5.41, 5.74) is 3.11. The number of imidazole rings is 1. The molecule has 1 amide bonds. The first-order valence-corrected chi connectivity index (χ1v) is 9.74. The number of non-ortho nitro benzene ring substituents is 1. The summed E-state index contributed by atoms with van der Waals surface area (Å²) >= 11 is 7.25. The van der Waals surface area contributed by atoms with E-state index in [1.165, 1.54) is 30.0 Å². The molecule has 144 valence electrons. The number of H-pyrrole nitrogens is 1. The lowest BCUT2D eigenvalue weighted by molar-refractivity contribution is -0.384. The Morgan fingerprint density at radius 1 is 1.29 bits per heavy atom. The Kier molecular flexibility index (Phi) is 6.33. The fraction of sp³-hybridized carbons (Fsp3) is 0.158. The molecule has 0 spiro atoms. The number of anilines is 1. The molecule has 0 aliphatic carbocycles. The monoisotopic (exact) mass is 416 g/mol. The van der Waals surface area contributed by atoms with Gasteiger partial charge in [-0.05, 0) is 18.6 Å². The van der Waals surface area contributed by atoms with Crippen LogP contribution in [0.1, 0.15) is 17.0 Å². The highest BCUT2D eigenvalue weighted by Gasteiger charge is 2.14. The van der Waals surface area contributed by atoms with Crippen LogP contribution < -0.4 is 5.32 Å². The Morgan fingerprint density at radius 3 is 2.75 bits per heavy atom. The van der Waals surface area contributed by atoms with Crippen LogP contribution in [0.15, 0.2) is 53.7 Å². The van der Waals surface area contributed by atoms with Crippen molar-refractivity contribution in [3.63, 3.8) is 0 Å². The van der Waals surface area contributed by atoms with Crippen LogP contribution in [-0.2, 0) is 11.2 Å². The van der Waals surface area contributed by atoms with Crippen molar-refractivity contribution in [2.45, 2.75) is 18.5 Å². The van der Waals surface area contributed by atoms with Gasteiger partial charge in [-0.2, -0.15) is 0 Å². The molecule has 3 rings (SSSR count). The number of halogens is 1. The number of carbonyl (C=O) groups is 1. The van der Waals surface area contributed by atoms with Crippen molar-refractivity contribution < 1.29 is 9.72 Å². The van der Waals surface area contributed by atoms with E-state index in [4.69, 9.17) is 11.6 Å². The van der Waals surface area contributed by atoms with Crippen LogP contribution in [0.4, 0.5) is 11.4 Å². The van der Waals surface area contributed by atoms with E-state index in [0.29, 0.717) is 11.6 Å². The number of nitrogens with one attached hydrogen (secondary N) is 2. The summed E-state index contributed by atoms with van der Waals surface area (Å²) in [6, 6.07) is 13.9. The lowest BCUT2D eigenvalue weighted by Crippen LogP contribution is -2.14. The van der Waals surface area contributed by atoms with Crippen LogP contribution in [0, 0.1) is 17.0 Å². The van der Waals surface area contributed by atoms with Crippen LogP contribution >= 0.6 is 23.4 Å². The Balaban J connectivity index is 1.60. The Hall–Kier alpha value is -2.84. The van der Waals surface area contributed by atoms with Crippen molar-refractivity contribution in [1.29, 1.82) is 0 Å². The largest absolute Gasteiger partial charge is 0.337 e. The number of nitro benzene ring substituents is 1. The third kappa shape index (κ3) is 5.11. The third-order valence-corrected chi connectivity index (χ3v) is 5.16. The fourth-order valence-electron chi connectivity index (χ4n) is 2.54. The lowest BCUT2D eigenvalue weighted by Gasteiger charge is -2.06. The standard InChI is InChI=1S/C19H17ClN4O3S/c1-12-16(9-13-5-3-2-4-6-13)23-19(21-12)28-11-18(25)22-17-10-14(24(26)27)7-8-15(17)20/h2-8,10H,9,11H2,1H3,(H,21,23)(H,22,25). The van der Waals surface area contributed by atoms with Gasteiger partial charge >= 0.3 is 0 Å². The zero-order chi connectivity index (χ0) is 20.1. The molecule has 2 aromatic carbocycles. The van der Waals surface area contributed by atoms with E-state index in [0.717, 1.165) is 17.0 Å². The van der Waals surface area contributed by atoms with E-state index in [1.807, 2.05) is 37.3 Å². The minimum atomic E-state index is -0.541. The van der Waals surface area contributed by atoms with E-state index in [-0.39, 0.29) is 28.1 Å². The number of nitro groups is 1. The first-order valence-electron chi connectivity index (χ1n) is 8.38. The van der Waals surface area contributed by atoms with E-state index < -0.39 is 4.92 Å². The third-order valence-electron chi connectivity index (χ3n) is 3.95. The molecule has 1 heterocycles. The second-order valence-corrected chi connectivity index (χ2v) is 7.41. The van der Waals surface area contributed by atoms with E-state index in [2.05, 4.69) is 15.3 Å². The van der Waals surface area contributed by atoms with Crippen molar-refractivity contribution >= 4 is 40.6 Å². The van der Waals surface area contributed by atoms with E-state index in [9.17, 15) is 14.9 Å². The number of rotatable bonds is 7. The smallest absolute Gasteiger partial charge is 0.271 e. The number of benzene rings is 2. The van der Waals surface area contributed by atoms with Gasteiger partial charge in [0.2, 0.25) is 5.91 Å². The van der Waals surface area contributed by atoms with Gasteiger partial charge in [0.05, 0.1) is 27.1 Å². The number of hydrogen-bond acceptors (Lipinski definition) is 5. The van der Waals surface area contributed by atoms with Gasteiger partial charge in [-0.1, -0.05) is 53.7 Å². The van der Waals surface area contributed by atoms with Crippen LogP contribution in [-0.4, -0.2) is 26.6 Å². The number of amides is 1. The first-order chi connectivity index (χ1) is 13.4. The molecular weight excluding hydrogens is 400 g/mol. The summed E-state index contributed by atoms with van der Waals surface area (Å²) in [4.78, 5) is 30.2. The second kappa shape index (κ2) is 8.90. The molecule has 9 heteroatoms. The normalized spacial score (nSPS) is 10.6. The number of aromatic nitrogens is 2. The summed E-state index contributed by atoms with van der Waals surface area (Å²) in [7, 11) is 0. The molecule has 0 aliphatic heterocycles. The molecule has 1 aromatic heterocycles. The lowest BCUT2D eigenvalue weighted by atomic mass is 10.1. The minimum Gasteiger partial charge on any atom is -0.337 e. The van der Waals surface area contributed by atoms with Crippen molar-refractivity contribution in [1.82, 2.24) is 9.97 Å². The van der Waals surface area contributed by atoms with Gasteiger partial charge in [0.25, 0.3) is 5.69 Å². The highest BCUT2D eigenvalue weighted by molar-refractivity contribution is 7.99. The summed E-state index contributed by atoms with van der Waals surface area (Å²) in [6.07, 6.45) is 0.708. The molecule has 0 aliphatic rings. The van der Waals surface area contributed by atoms with E-state index >= 15 is 0 Å². The van der Waals surface area contributed by atoms with Crippen LogP contribution in [0.25, 0.3) is 0 Å². The van der Waals surface area contributed by atoms with Gasteiger partial charge < -0.3 is 10.3 Å². The van der Waals surface area contributed by atoms with Crippen LogP contribution in [0.5, 0.6) is 0 Å². The maximum absolute atomic E-state index is 12.2. The quantitative estimate of drug-likeness (QED) is 0.333. The molecule has 0 radical (unpaired) electrons. The molecule has 0 fully saturated rings. The predicted octanol–water partition coefficient (Wildman–Crippen LogP) is 4.60. The van der Waals surface area contributed by atoms with Gasteiger partial charge in [0, 0.05) is 24.2 Å². The van der Waals surface area contributed by atoms with Crippen LogP contribution in [0.2, 0.25) is 5.02 Å². The molecule has 28 heavy (non-hydrogen) atoms. The number of aromatic amines is 1. The summed E-state index contributed by atoms with van der Waals surface area (Å²) in [6.45, 7) is 1.94. The molecule has 3 aromatic rings. The fourth-order valence-corrected chi connectivity index (χ4v) is 3.44. The number of thioether (sulfide) groups is 1. The van der Waals surface area contributed by atoms with Gasteiger partial charge in [-0.15, -0.1) is 0 Å². The molecule has 0 atom stereocenters. The molecule has 7 nitrogen and oxygen atoms in total. The Morgan fingerprint density at radius 2 is 2.04 bits per heavy atom. The molecule has 0 unspecified atom stereocenters. The molecule has 0 saturated carbocycles. The number of aryl methyl sites for hydroxylation is 1. The summed E-state index contributed by atoms with van der Waals surface area (Å²) in [5.74, 6) is -0.234. The minimum absolute atomic E-state index is 0.0940. The SMILES string of the molecule is Cc1[nH]c(SCC(=O)Nc2cc([N+](=O)[O-])ccc2Cl)nc1Cc1ccccc1. The topological polar surface area (TPSA) is 101 Å². The highest BCUT2D eigenvalue weighted by Crippen LogP contribution is 2.27. The van der Waals surface area contributed by atoms with Gasteiger partial charge in [0.15, 0.2) is 5.16 Å². The van der Waals surface area contributed by atoms with Crippen LogP contribution in [0.3, 0.4) is 0 Å².